The summed E-state index contributed by atoms with van der Waals surface area (Å²) in [5.74, 6) is 1.16. The van der Waals surface area contributed by atoms with Crippen molar-refractivity contribution in [3.63, 3.8) is 0 Å². The zero-order valence-corrected chi connectivity index (χ0v) is 13.1. The van der Waals surface area contributed by atoms with E-state index < -0.39 is 0 Å². The third-order valence-electron chi connectivity index (χ3n) is 3.47. The molecule has 0 bridgehead atoms. The molecule has 2 aromatic heterocycles. The van der Waals surface area contributed by atoms with Crippen molar-refractivity contribution in [2.24, 2.45) is 5.73 Å². The number of para-hydroxylation sites is 1. The number of pyridine rings is 1. The highest BCUT2D eigenvalue weighted by Gasteiger charge is 2.16. The van der Waals surface area contributed by atoms with Crippen LogP contribution in [0.5, 0.6) is 11.6 Å². The highest BCUT2D eigenvalue weighted by atomic mass is 16.5. The molecule has 1 aromatic carbocycles. The van der Waals surface area contributed by atoms with Gasteiger partial charge in [-0.25, -0.2) is 9.83 Å². The van der Waals surface area contributed by atoms with Crippen LogP contribution < -0.4 is 10.5 Å². The van der Waals surface area contributed by atoms with Crippen LogP contribution in [0.15, 0.2) is 42.7 Å². The third-order valence-corrected chi connectivity index (χ3v) is 3.47. The van der Waals surface area contributed by atoms with Crippen LogP contribution in [0.25, 0.3) is 15.7 Å². The lowest BCUT2D eigenvalue weighted by Crippen LogP contribution is -2.34. The minimum absolute atomic E-state index is 0.275. The quantitative estimate of drug-likeness (QED) is 0.710. The van der Waals surface area contributed by atoms with Crippen molar-refractivity contribution >= 4 is 16.6 Å². The van der Waals surface area contributed by atoms with Gasteiger partial charge in [0.05, 0.1) is 12.1 Å². The Balaban J connectivity index is 1.94. The number of fused-ring (bicyclic) bond motifs is 1. The maximum atomic E-state index is 6.95. The first-order valence-electron chi connectivity index (χ1n) is 7.35. The molecule has 2 heterocycles. The van der Waals surface area contributed by atoms with Crippen LogP contribution in [0, 0.1) is 6.57 Å². The Kier molecular flexibility index (Phi) is 3.77. The van der Waals surface area contributed by atoms with Gasteiger partial charge in [-0.3, -0.25) is 0 Å². The van der Waals surface area contributed by atoms with Gasteiger partial charge in [-0.05, 0) is 44.0 Å². The zero-order valence-electron chi connectivity index (χ0n) is 13.1. The predicted octanol–water partition coefficient (Wildman–Crippen LogP) is 4.19. The zero-order chi connectivity index (χ0) is 16.4. The summed E-state index contributed by atoms with van der Waals surface area (Å²) in [4.78, 5) is 10.7. The summed E-state index contributed by atoms with van der Waals surface area (Å²) in [5, 5.41) is 1.10. The Bertz CT molecular complexity index is 867. The molecular formula is C18H18N4O. The second kappa shape index (κ2) is 5.75. The van der Waals surface area contributed by atoms with Crippen LogP contribution in [0.4, 0.5) is 5.69 Å². The van der Waals surface area contributed by atoms with Crippen molar-refractivity contribution in [1.29, 1.82) is 0 Å². The number of benzene rings is 1. The fourth-order valence-corrected chi connectivity index (χ4v) is 2.52. The van der Waals surface area contributed by atoms with Gasteiger partial charge < -0.3 is 15.5 Å². The largest absolute Gasteiger partial charge is 0.437 e. The van der Waals surface area contributed by atoms with E-state index >= 15 is 0 Å². The van der Waals surface area contributed by atoms with Gasteiger partial charge >= 0.3 is 0 Å². The van der Waals surface area contributed by atoms with Crippen molar-refractivity contribution in [1.82, 2.24) is 9.97 Å². The number of nitrogens with two attached hydrogens (primary N) is 1. The Morgan fingerprint density at radius 1 is 1.30 bits per heavy atom. The second-order valence-electron chi connectivity index (χ2n) is 6.23. The number of rotatable bonds is 4. The molecule has 0 aliphatic carbocycles. The number of H-pyrrole nitrogens is 1. The summed E-state index contributed by atoms with van der Waals surface area (Å²) in [5.41, 5.74) is 8.42. The molecule has 0 amide bonds. The number of aromatic nitrogens is 2. The summed E-state index contributed by atoms with van der Waals surface area (Å²) in [7, 11) is 0. The lowest BCUT2D eigenvalue weighted by atomic mass is 9.96. The Labute approximate surface area is 134 Å². The standard InChI is InChI=1S/C18H18N4O/c1-18(2,19)9-12-10-22-17-14(12)5-4-6-15(17)23-16-8-7-13(20-3)11-21-16/h4-8,10-11,22H,9,19H2,1-2H3. The first-order valence-corrected chi connectivity index (χ1v) is 7.35. The molecule has 0 fully saturated rings. The van der Waals surface area contributed by atoms with Gasteiger partial charge in [0.25, 0.3) is 0 Å². The summed E-state index contributed by atoms with van der Waals surface area (Å²) >= 11 is 0. The summed E-state index contributed by atoms with van der Waals surface area (Å²) in [6.07, 6.45) is 4.25. The van der Waals surface area contributed by atoms with Crippen LogP contribution >= 0.6 is 0 Å². The highest BCUT2D eigenvalue weighted by molar-refractivity contribution is 5.88. The van der Waals surface area contributed by atoms with Gasteiger partial charge in [-0.2, -0.15) is 0 Å². The van der Waals surface area contributed by atoms with Gasteiger partial charge in [0.1, 0.15) is 0 Å². The molecule has 3 rings (SSSR count). The Hall–Kier alpha value is -2.84. The van der Waals surface area contributed by atoms with Gasteiger partial charge in [-0.1, -0.05) is 12.1 Å². The molecule has 0 unspecified atom stereocenters. The number of nitrogens with one attached hydrogen (secondary N) is 1. The molecule has 0 aliphatic heterocycles. The molecule has 0 radical (unpaired) electrons. The molecule has 0 spiro atoms. The average Bonchev–Trinajstić information content (AvgIpc) is 2.90. The maximum absolute atomic E-state index is 6.95. The SMILES string of the molecule is [C-]#[N+]c1ccc(Oc2cccc3c(CC(C)(C)N)c[nH]c23)nc1. The van der Waals surface area contributed by atoms with Crippen LogP contribution in [-0.2, 0) is 6.42 Å². The minimum Gasteiger partial charge on any atom is -0.437 e. The first-order chi connectivity index (χ1) is 11.0. The first kappa shape index (κ1) is 15.1. The molecule has 0 saturated heterocycles. The topological polar surface area (TPSA) is 68.3 Å². The minimum atomic E-state index is -0.275. The van der Waals surface area contributed by atoms with Gasteiger partial charge in [0.2, 0.25) is 11.6 Å². The van der Waals surface area contributed by atoms with Crippen molar-refractivity contribution in [3.05, 3.63) is 59.7 Å². The molecule has 3 N–H and O–H groups in total. The van der Waals surface area contributed by atoms with Crippen molar-refractivity contribution in [2.45, 2.75) is 25.8 Å². The van der Waals surface area contributed by atoms with E-state index in [1.165, 1.54) is 6.20 Å². The van der Waals surface area contributed by atoms with Crippen LogP contribution in [0.2, 0.25) is 0 Å². The van der Waals surface area contributed by atoms with E-state index in [0.29, 0.717) is 17.3 Å². The van der Waals surface area contributed by atoms with E-state index in [2.05, 4.69) is 20.9 Å². The van der Waals surface area contributed by atoms with E-state index in [9.17, 15) is 0 Å². The summed E-state index contributed by atoms with van der Waals surface area (Å²) in [6.45, 7) is 11.0. The second-order valence-corrected chi connectivity index (χ2v) is 6.23. The summed E-state index contributed by atoms with van der Waals surface area (Å²) in [6, 6.07) is 9.27. The molecule has 5 heteroatoms. The molecule has 0 saturated carbocycles. The van der Waals surface area contributed by atoms with E-state index in [4.69, 9.17) is 17.0 Å². The Morgan fingerprint density at radius 2 is 2.13 bits per heavy atom. The van der Waals surface area contributed by atoms with E-state index in [1.807, 2.05) is 32.2 Å². The molecule has 23 heavy (non-hydrogen) atoms. The lowest BCUT2D eigenvalue weighted by molar-refractivity contribution is 0.467. The van der Waals surface area contributed by atoms with Gasteiger partial charge in [0, 0.05) is 23.3 Å². The average molecular weight is 306 g/mol. The van der Waals surface area contributed by atoms with Gasteiger partial charge in [0.15, 0.2) is 5.75 Å². The lowest BCUT2D eigenvalue weighted by Gasteiger charge is -2.17. The summed E-state index contributed by atoms with van der Waals surface area (Å²) < 4.78 is 5.86. The normalized spacial score (nSPS) is 11.4. The monoisotopic (exact) mass is 306 g/mol. The fraction of sp³-hybridized carbons (Fsp3) is 0.222. The number of nitrogens with zero attached hydrogens (tertiary/aromatic N) is 2. The number of ether oxygens (including phenoxy) is 1. The van der Waals surface area contributed by atoms with Crippen LogP contribution in [-0.4, -0.2) is 15.5 Å². The smallest absolute Gasteiger partial charge is 0.216 e. The van der Waals surface area contributed by atoms with Crippen molar-refractivity contribution in [3.8, 4) is 11.6 Å². The van der Waals surface area contributed by atoms with E-state index in [0.717, 1.165) is 22.9 Å². The number of aromatic amines is 1. The number of hydrogen-bond donors (Lipinski definition) is 2. The molecule has 0 atom stereocenters. The van der Waals surface area contributed by atoms with Crippen molar-refractivity contribution in [2.75, 3.05) is 0 Å². The van der Waals surface area contributed by atoms with Crippen LogP contribution in [0.3, 0.4) is 0 Å². The molecule has 3 aromatic rings. The highest BCUT2D eigenvalue weighted by Crippen LogP contribution is 2.31. The van der Waals surface area contributed by atoms with Crippen LogP contribution in [0.1, 0.15) is 19.4 Å². The maximum Gasteiger partial charge on any atom is 0.216 e. The molecule has 0 aliphatic rings. The Morgan fingerprint density at radius 3 is 2.78 bits per heavy atom. The third kappa shape index (κ3) is 3.33. The molecule has 116 valence electrons. The van der Waals surface area contributed by atoms with E-state index in [1.54, 1.807) is 12.1 Å². The van der Waals surface area contributed by atoms with Gasteiger partial charge in [-0.15, -0.1) is 0 Å². The van der Waals surface area contributed by atoms with Crippen molar-refractivity contribution < 1.29 is 4.74 Å². The molecule has 5 nitrogen and oxygen atoms in total. The number of hydrogen-bond acceptors (Lipinski definition) is 3. The van der Waals surface area contributed by atoms with E-state index in [-0.39, 0.29) is 5.54 Å². The predicted molar refractivity (Wildman–Crippen MR) is 90.8 cm³/mol. The molecular weight excluding hydrogens is 288 g/mol. The fourth-order valence-electron chi connectivity index (χ4n) is 2.52.